The molecule has 11 heavy (non-hydrogen) atoms. The molecule has 0 aliphatic heterocycles. The maximum absolute atomic E-state index is 11.4. The number of rotatable bonds is 3. The fraction of sp³-hybridized carbons (Fsp3) is 0.875. The molecule has 0 amide bonds. The van der Waals surface area contributed by atoms with E-state index in [0.29, 0.717) is 0 Å². The molecule has 0 bridgehead atoms. The largest absolute Gasteiger partial charge is 0.297 e. The maximum atomic E-state index is 11.4. The van der Waals surface area contributed by atoms with Gasteiger partial charge in [-0.2, -0.15) is 0 Å². The Hall–Kier alpha value is 0.250. The van der Waals surface area contributed by atoms with Crippen molar-refractivity contribution in [1.29, 1.82) is 0 Å². The summed E-state index contributed by atoms with van der Waals surface area (Å²) in [5.41, 5.74) is 0. The third-order valence-corrected chi connectivity index (χ3v) is 2.81. The van der Waals surface area contributed by atoms with Crippen LogP contribution in [0.3, 0.4) is 0 Å². The Morgan fingerprint density at radius 1 is 1.36 bits per heavy atom. The van der Waals surface area contributed by atoms with Gasteiger partial charge in [0.05, 0.1) is 5.38 Å². The molecule has 0 saturated heterocycles. The van der Waals surface area contributed by atoms with Gasteiger partial charge in [-0.25, -0.2) is 0 Å². The Morgan fingerprint density at radius 2 is 1.73 bits per heavy atom. The third kappa shape index (κ3) is 2.64. The second-order valence-electron chi connectivity index (χ2n) is 3.21. The Balaban J connectivity index is 4.43. The summed E-state index contributed by atoms with van der Waals surface area (Å²) >= 11 is 11.7. The highest BCUT2D eigenvalue weighted by Crippen LogP contribution is 2.27. The van der Waals surface area contributed by atoms with Crippen LogP contribution in [0.2, 0.25) is 0 Å². The van der Waals surface area contributed by atoms with E-state index in [0.717, 1.165) is 0 Å². The molecular weight excluding hydrogens is 183 g/mol. The van der Waals surface area contributed by atoms with E-state index >= 15 is 0 Å². The summed E-state index contributed by atoms with van der Waals surface area (Å²) in [5.74, 6) is -0.0552. The Bertz CT molecular complexity index is 150. The monoisotopic (exact) mass is 196 g/mol. The quantitative estimate of drug-likeness (QED) is 0.635. The average Bonchev–Trinajstić information content (AvgIpc) is 1.85. The Labute approximate surface area is 78.1 Å². The zero-order valence-corrected chi connectivity index (χ0v) is 8.83. The van der Waals surface area contributed by atoms with Crippen molar-refractivity contribution in [1.82, 2.24) is 0 Å². The molecule has 1 nitrogen and oxygen atoms in total. The highest BCUT2D eigenvalue weighted by Gasteiger charge is 2.36. The summed E-state index contributed by atoms with van der Waals surface area (Å²) in [6.45, 7) is 7.04. The lowest BCUT2D eigenvalue weighted by molar-refractivity contribution is -0.124. The van der Waals surface area contributed by atoms with E-state index in [4.69, 9.17) is 23.2 Å². The number of carbonyl (C=O) groups excluding carboxylic acids is 1. The van der Waals surface area contributed by atoms with Crippen LogP contribution in [-0.4, -0.2) is 16.0 Å². The van der Waals surface area contributed by atoms with Crippen LogP contribution in [0.1, 0.15) is 27.7 Å². The van der Waals surface area contributed by atoms with Crippen LogP contribution < -0.4 is 0 Å². The van der Waals surface area contributed by atoms with E-state index in [-0.39, 0.29) is 17.1 Å². The standard InChI is InChI=1S/C8H14Cl2O/c1-5(2)7(11)8(4,10)6(3)9/h5-6H,1-4H3. The molecule has 0 radical (unpaired) electrons. The molecule has 0 spiro atoms. The Kier molecular flexibility index (Phi) is 3.86. The highest BCUT2D eigenvalue weighted by atomic mass is 35.5. The van der Waals surface area contributed by atoms with E-state index in [9.17, 15) is 4.79 Å². The van der Waals surface area contributed by atoms with Crippen molar-refractivity contribution >= 4 is 29.0 Å². The summed E-state index contributed by atoms with van der Waals surface area (Å²) in [5, 5.41) is -0.334. The van der Waals surface area contributed by atoms with Gasteiger partial charge in [0.25, 0.3) is 0 Å². The van der Waals surface area contributed by atoms with Gasteiger partial charge in [0.15, 0.2) is 5.78 Å². The van der Waals surface area contributed by atoms with Crippen molar-refractivity contribution in [3.05, 3.63) is 0 Å². The molecule has 0 heterocycles. The lowest BCUT2D eigenvalue weighted by Gasteiger charge is -2.24. The van der Waals surface area contributed by atoms with Gasteiger partial charge in [0.1, 0.15) is 4.87 Å². The van der Waals surface area contributed by atoms with Crippen LogP contribution in [0.5, 0.6) is 0 Å². The summed E-state index contributed by atoms with van der Waals surface area (Å²) in [6, 6.07) is 0. The van der Waals surface area contributed by atoms with Crippen molar-refractivity contribution in [2.45, 2.75) is 37.9 Å². The van der Waals surface area contributed by atoms with Gasteiger partial charge >= 0.3 is 0 Å². The van der Waals surface area contributed by atoms with Gasteiger partial charge in [-0.3, -0.25) is 4.79 Å². The van der Waals surface area contributed by atoms with Crippen LogP contribution in [0.15, 0.2) is 0 Å². The predicted octanol–water partition coefficient (Wildman–Crippen LogP) is 2.84. The van der Waals surface area contributed by atoms with E-state index in [1.165, 1.54) is 0 Å². The first-order valence-electron chi connectivity index (χ1n) is 3.67. The normalized spacial score (nSPS) is 19.5. The molecule has 2 unspecified atom stereocenters. The molecule has 0 aromatic rings. The van der Waals surface area contributed by atoms with E-state index in [1.54, 1.807) is 13.8 Å². The summed E-state index contributed by atoms with van der Waals surface area (Å²) < 4.78 is 0. The number of hydrogen-bond donors (Lipinski definition) is 0. The highest BCUT2D eigenvalue weighted by molar-refractivity contribution is 6.41. The van der Waals surface area contributed by atoms with Crippen molar-refractivity contribution in [2.75, 3.05) is 0 Å². The summed E-state index contributed by atoms with van der Waals surface area (Å²) in [7, 11) is 0. The van der Waals surface area contributed by atoms with Crippen LogP contribution in [0, 0.1) is 5.92 Å². The number of ketones is 1. The predicted molar refractivity (Wildman–Crippen MR) is 49.4 cm³/mol. The number of alkyl halides is 2. The van der Waals surface area contributed by atoms with Crippen LogP contribution >= 0.6 is 23.2 Å². The van der Waals surface area contributed by atoms with E-state index in [1.807, 2.05) is 13.8 Å². The lowest BCUT2D eigenvalue weighted by Crippen LogP contribution is -2.39. The van der Waals surface area contributed by atoms with Crippen molar-refractivity contribution < 1.29 is 4.79 Å². The van der Waals surface area contributed by atoms with E-state index < -0.39 is 4.87 Å². The fourth-order valence-corrected chi connectivity index (χ4v) is 1.09. The zero-order chi connectivity index (χ0) is 9.23. The van der Waals surface area contributed by atoms with Crippen LogP contribution in [0.25, 0.3) is 0 Å². The molecule has 0 aliphatic carbocycles. The fourth-order valence-electron chi connectivity index (χ4n) is 0.760. The second-order valence-corrected chi connectivity index (χ2v) is 4.65. The molecule has 66 valence electrons. The molecule has 2 atom stereocenters. The average molecular weight is 197 g/mol. The van der Waals surface area contributed by atoms with Gasteiger partial charge < -0.3 is 0 Å². The molecule has 0 aromatic carbocycles. The van der Waals surface area contributed by atoms with E-state index in [2.05, 4.69) is 0 Å². The van der Waals surface area contributed by atoms with Crippen molar-refractivity contribution in [3.8, 4) is 0 Å². The Morgan fingerprint density at radius 3 is 1.82 bits per heavy atom. The first kappa shape index (κ1) is 11.2. The number of carbonyl (C=O) groups is 1. The number of hydrogen-bond acceptors (Lipinski definition) is 1. The van der Waals surface area contributed by atoms with Crippen molar-refractivity contribution in [3.63, 3.8) is 0 Å². The SMILES string of the molecule is CC(C)C(=O)C(C)(Cl)C(C)Cl. The maximum Gasteiger partial charge on any atom is 0.157 e. The molecule has 0 rings (SSSR count). The molecule has 0 N–H and O–H groups in total. The third-order valence-electron chi connectivity index (χ3n) is 1.75. The molecule has 0 fully saturated rings. The minimum atomic E-state index is -0.921. The first-order valence-corrected chi connectivity index (χ1v) is 4.49. The smallest absolute Gasteiger partial charge is 0.157 e. The van der Waals surface area contributed by atoms with Gasteiger partial charge in [-0.1, -0.05) is 13.8 Å². The summed E-state index contributed by atoms with van der Waals surface area (Å²) in [6.07, 6.45) is 0. The van der Waals surface area contributed by atoms with Gasteiger partial charge in [0, 0.05) is 5.92 Å². The number of Topliss-reactive ketones (excluding diaryl/α,β-unsaturated/α-hetero) is 1. The molecular formula is C8H14Cl2O. The second kappa shape index (κ2) is 3.77. The minimum absolute atomic E-state index is 0.00154. The summed E-state index contributed by atoms with van der Waals surface area (Å²) in [4.78, 5) is 10.5. The van der Waals surface area contributed by atoms with Crippen molar-refractivity contribution in [2.24, 2.45) is 5.92 Å². The molecule has 0 aliphatic rings. The molecule has 0 aromatic heterocycles. The number of halogens is 2. The molecule has 0 saturated carbocycles. The zero-order valence-electron chi connectivity index (χ0n) is 7.32. The molecule has 3 heteroatoms. The first-order chi connectivity index (χ1) is 4.80. The van der Waals surface area contributed by atoms with Gasteiger partial charge in [-0.15, -0.1) is 23.2 Å². The minimum Gasteiger partial charge on any atom is -0.297 e. The van der Waals surface area contributed by atoms with Gasteiger partial charge in [0.2, 0.25) is 0 Å². The van der Waals surface area contributed by atoms with Crippen LogP contribution in [-0.2, 0) is 4.79 Å². The van der Waals surface area contributed by atoms with Gasteiger partial charge in [-0.05, 0) is 13.8 Å². The topological polar surface area (TPSA) is 17.1 Å². The lowest BCUT2D eigenvalue weighted by atomic mass is 9.94. The van der Waals surface area contributed by atoms with Crippen LogP contribution in [0.4, 0.5) is 0 Å².